The Morgan fingerprint density at radius 3 is 3.00 bits per heavy atom. The molecule has 0 spiro atoms. The molecule has 0 amide bonds. The molecule has 10 heavy (non-hydrogen) atoms. The lowest BCUT2D eigenvalue weighted by molar-refractivity contribution is 0.234. The SMILES string of the molecule is C=CP(=O)(O)OCC1CO1. The van der Waals surface area contributed by atoms with Crippen molar-refractivity contribution < 1.29 is 18.7 Å². The fourth-order valence-corrected chi connectivity index (χ4v) is 0.892. The van der Waals surface area contributed by atoms with Gasteiger partial charge in [0, 0.05) is 5.82 Å². The van der Waals surface area contributed by atoms with Crippen LogP contribution in [0.4, 0.5) is 0 Å². The van der Waals surface area contributed by atoms with E-state index in [-0.39, 0.29) is 12.7 Å². The molecule has 0 saturated carbocycles. The average Bonchev–Trinajstić information content (AvgIpc) is 2.66. The van der Waals surface area contributed by atoms with Gasteiger partial charge < -0.3 is 14.2 Å². The Labute approximate surface area is 59.0 Å². The van der Waals surface area contributed by atoms with Crippen molar-refractivity contribution in [3.63, 3.8) is 0 Å². The lowest BCUT2D eigenvalue weighted by Gasteiger charge is -2.04. The Bertz CT molecular complexity index is 174. The molecule has 2 unspecified atom stereocenters. The van der Waals surface area contributed by atoms with Gasteiger partial charge in [0.25, 0.3) is 0 Å². The molecule has 1 heterocycles. The Morgan fingerprint density at radius 2 is 2.60 bits per heavy atom. The highest BCUT2D eigenvalue weighted by molar-refractivity contribution is 7.56. The predicted octanol–water partition coefficient (Wildman–Crippen LogP) is 0.731. The summed E-state index contributed by atoms with van der Waals surface area (Å²) in [7, 11) is -3.50. The second-order valence-corrected chi connectivity index (χ2v) is 3.75. The summed E-state index contributed by atoms with van der Waals surface area (Å²) < 4.78 is 20.0. The zero-order valence-electron chi connectivity index (χ0n) is 5.40. The summed E-state index contributed by atoms with van der Waals surface area (Å²) >= 11 is 0. The Morgan fingerprint density at radius 1 is 2.00 bits per heavy atom. The number of hydrogen-bond acceptors (Lipinski definition) is 3. The third-order valence-corrected chi connectivity index (χ3v) is 2.06. The normalized spacial score (nSPS) is 29.1. The lowest BCUT2D eigenvalue weighted by atomic mass is 10.5. The van der Waals surface area contributed by atoms with Gasteiger partial charge in [-0.05, 0) is 0 Å². The summed E-state index contributed by atoms with van der Waals surface area (Å²) in [6.45, 7) is 3.95. The van der Waals surface area contributed by atoms with Crippen LogP contribution >= 0.6 is 7.60 Å². The third-order valence-electron chi connectivity index (χ3n) is 1.08. The molecule has 5 heteroatoms. The lowest BCUT2D eigenvalue weighted by Crippen LogP contribution is -1.97. The molecule has 1 fully saturated rings. The summed E-state index contributed by atoms with van der Waals surface area (Å²) in [5.74, 6) is 0.912. The van der Waals surface area contributed by atoms with Crippen LogP contribution in [0.15, 0.2) is 12.4 Å². The first kappa shape index (κ1) is 7.95. The van der Waals surface area contributed by atoms with E-state index in [1.807, 2.05) is 0 Å². The summed E-state index contributed by atoms with van der Waals surface area (Å²) in [6.07, 6.45) is 0.0143. The molecular weight excluding hydrogens is 155 g/mol. The van der Waals surface area contributed by atoms with Crippen LogP contribution in [0.1, 0.15) is 0 Å². The maximum Gasteiger partial charge on any atom is 0.351 e. The van der Waals surface area contributed by atoms with Crippen LogP contribution in [0.3, 0.4) is 0 Å². The molecule has 1 saturated heterocycles. The summed E-state index contributed by atoms with van der Waals surface area (Å²) in [5.41, 5.74) is 0. The molecule has 4 nitrogen and oxygen atoms in total. The number of epoxide rings is 1. The minimum absolute atomic E-state index is 0.0143. The maximum atomic E-state index is 10.7. The van der Waals surface area contributed by atoms with E-state index in [0.29, 0.717) is 6.61 Å². The van der Waals surface area contributed by atoms with E-state index in [1.54, 1.807) is 0 Å². The van der Waals surface area contributed by atoms with E-state index < -0.39 is 7.60 Å². The van der Waals surface area contributed by atoms with Gasteiger partial charge in [0.05, 0.1) is 13.2 Å². The van der Waals surface area contributed by atoms with Crippen LogP contribution in [0.5, 0.6) is 0 Å². The van der Waals surface area contributed by atoms with Crippen LogP contribution in [-0.2, 0) is 13.8 Å². The highest BCUT2D eigenvalue weighted by atomic mass is 31.2. The average molecular weight is 164 g/mol. The molecule has 58 valence electrons. The molecule has 1 N–H and O–H groups in total. The van der Waals surface area contributed by atoms with E-state index in [9.17, 15) is 4.57 Å². The molecule has 0 aromatic heterocycles. The topological polar surface area (TPSA) is 59.1 Å². The van der Waals surface area contributed by atoms with Crippen molar-refractivity contribution in [2.24, 2.45) is 0 Å². The molecule has 0 radical (unpaired) electrons. The van der Waals surface area contributed by atoms with Crippen molar-refractivity contribution in [1.29, 1.82) is 0 Å². The number of hydrogen-bond donors (Lipinski definition) is 1. The first-order valence-electron chi connectivity index (χ1n) is 2.86. The molecule has 1 aliphatic heterocycles. The van der Waals surface area contributed by atoms with E-state index in [2.05, 4.69) is 11.1 Å². The molecule has 0 aliphatic carbocycles. The van der Waals surface area contributed by atoms with Crippen molar-refractivity contribution in [3.8, 4) is 0 Å². The van der Waals surface area contributed by atoms with Gasteiger partial charge in [0.1, 0.15) is 6.10 Å². The van der Waals surface area contributed by atoms with Crippen molar-refractivity contribution >= 4 is 7.60 Å². The second-order valence-electron chi connectivity index (χ2n) is 2.00. The standard InChI is InChI=1S/C5H9O4P/c1-2-10(6,7)9-4-5-3-8-5/h2,5H,1,3-4H2,(H,6,7). The minimum Gasteiger partial charge on any atom is -0.371 e. The maximum absolute atomic E-state index is 10.7. The summed E-state index contributed by atoms with van der Waals surface area (Å²) in [5, 5.41) is 0. The quantitative estimate of drug-likeness (QED) is 0.491. The van der Waals surface area contributed by atoms with Gasteiger partial charge in [-0.1, -0.05) is 6.58 Å². The molecule has 1 aliphatic rings. The Balaban J connectivity index is 2.21. The van der Waals surface area contributed by atoms with E-state index in [4.69, 9.17) is 9.63 Å². The highest BCUT2D eigenvalue weighted by Gasteiger charge is 2.26. The molecule has 0 bridgehead atoms. The van der Waals surface area contributed by atoms with Gasteiger partial charge in [0.2, 0.25) is 0 Å². The van der Waals surface area contributed by atoms with Crippen molar-refractivity contribution in [2.45, 2.75) is 6.10 Å². The smallest absolute Gasteiger partial charge is 0.351 e. The van der Waals surface area contributed by atoms with Crippen LogP contribution < -0.4 is 0 Å². The van der Waals surface area contributed by atoms with Gasteiger partial charge in [-0.15, -0.1) is 0 Å². The molecule has 2 atom stereocenters. The highest BCUT2D eigenvalue weighted by Crippen LogP contribution is 2.43. The van der Waals surface area contributed by atoms with E-state index in [1.165, 1.54) is 0 Å². The van der Waals surface area contributed by atoms with Gasteiger partial charge in [0.15, 0.2) is 0 Å². The first-order chi connectivity index (χ1) is 4.64. The van der Waals surface area contributed by atoms with Gasteiger partial charge in [-0.25, -0.2) is 0 Å². The number of rotatable bonds is 4. The fraction of sp³-hybridized carbons (Fsp3) is 0.600. The zero-order chi connectivity index (χ0) is 7.61. The van der Waals surface area contributed by atoms with Crippen molar-refractivity contribution in [3.05, 3.63) is 12.4 Å². The molecular formula is C5H9O4P. The monoisotopic (exact) mass is 164 g/mol. The zero-order valence-corrected chi connectivity index (χ0v) is 6.29. The molecule has 0 aromatic carbocycles. The second kappa shape index (κ2) is 2.84. The molecule has 0 aromatic rings. The van der Waals surface area contributed by atoms with E-state index >= 15 is 0 Å². The van der Waals surface area contributed by atoms with Crippen LogP contribution in [0, 0.1) is 0 Å². The van der Waals surface area contributed by atoms with Crippen molar-refractivity contribution in [1.82, 2.24) is 0 Å². The van der Waals surface area contributed by atoms with Gasteiger partial charge in [-0.3, -0.25) is 4.57 Å². The Kier molecular flexibility index (Phi) is 2.26. The van der Waals surface area contributed by atoms with E-state index in [0.717, 1.165) is 5.82 Å². The van der Waals surface area contributed by atoms with Crippen LogP contribution in [0.2, 0.25) is 0 Å². The van der Waals surface area contributed by atoms with Gasteiger partial charge >= 0.3 is 7.60 Å². The fourth-order valence-electron chi connectivity index (χ4n) is 0.407. The van der Waals surface area contributed by atoms with Crippen LogP contribution in [0.25, 0.3) is 0 Å². The summed E-state index contributed by atoms with van der Waals surface area (Å²) in [6, 6.07) is 0. The predicted molar refractivity (Wildman–Crippen MR) is 35.7 cm³/mol. The van der Waals surface area contributed by atoms with Crippen LogP contribution in [-0.4, -0.2) is 24.2 Å². The number of ether oxygens (including phenoxy) is 1. The summed E-state index contributed by atoms with van der Waals surface area (Å²) in [4.78, 5) is 8.76. The minimum atomic E-state index is -3.50. The Hall–Kier alpha value is -0.150. The molecule has 1 rings (SSSR count). The largest absolute Gasteiger partial charge is 0.371 e. The van der Waals surface area contributed by atoms with Crippen molar-refractivity contribution in [2.75, 3.05) is 13.2 Å². The third kappa shape index (κ3) is 2.62. The first-order valence-corrected chi connectivity index (χ1v) is 4.51. The van der Waals surface area contributed by atoms with Gasteiger partial charge in [-0.2, -0.15) is 0 Å².